The van der Waals surface area contributed by atoms with Gasteiger partial charge in [0.1, 0.15) is 18.1 Å². The standard InChI is InChI=1S/C26H25FN2O/c1-3-17-30-25-15-13-22(14-16-25)21-9-11-23(12-10-21)26-19-28-24(18-29-26)8-6-4-5-7-20(2)27/h3,9-16,18-20H,1,4-5,7,17H2,2H3. The topological polar surface area (TPSA) is 35.0 Å². The highest BCUT2D eigenvalue weighted by Crippen LogP contribution is 2.25. The lowest BCUT2D eigenvalue weighted by atomic mass is 10.0. The van der Waals surface area contributed by atoms with E-state index in [1.807, 2.05) is 36.4 Å². The molecule has 0 aliphatic heterocycles. The lowest BCUT2D eigenvalue weighted by Crippen LogP contribution is -1.92. The summed E-state index contributed by atoms with van der Waals surface area (Å²) in [6, 6.07) is 16.2. The van der Waals surface area contributed by atoms with Gasteiger partial charge >= 0.3 is 0 Å². The number of benzene rings is 2. The van der Waals surface area contributed by atoms with Gasteiger partial charge in [0.2, 0.25) is 0 Å². The quantitative estimate of drug-likeness (QED) is 0.254. The SMILES string of the molecule is C=CCOc1ccc(-c2ccc(-c3cnc(C#CCCCC(C)F)cn3)cc2)cc1. The second kappa shape index (κ2) is 10.9. The van der Waals surface area contributed by atoms with Crippen LogP contribution in [-0.4, -0.2) is 22.7 Å². The van der Waals surface area contributed by atoms with Crippen LogP contribution in [0.4, 0.5) is 4.39 Å². The van der Waals surface area contributed by atoms with E-state index >= 15 is 0 Å². The Morgan fingerprint density at radius 1 is 1.00 bits per heavy atom. The molecule has 0 saturated carbocycles. The van der Waals surface area contributed by atoms with Crippen LogP contribution in [0, 0.1) is 11.8 Å². The van der Waals surface area contributed by atoms with Gasteiger partial charge in [0.05, 0.1) is 24.3 Å². The van der Waals surface area contributed by atoms with Crippen LogP contribution in [0.15, 0.2) is 73.6 Å². The van der Waals surface area contributed by atoms with E-state index in [4.69, 9.17) is 4.74 Å². The number of aromatic nitrogens is 2. The third-order valence-corrected chi connectivity index (χ3v) is 4.51. The molecule has 1 unspecified atom stereocenters. The summed E-state index contributed by atoms with van der Waals surface area (Å²) in [5.41, 5.74) is 4.65. The zero-order valence-corrected chi connectivity index (χ0v) is 17.1. The lowest BCUT2D eigenvalue weighted by Gasteiger charge is -2.07. The molecular weight excluding hydrogens is 375 g/mol. The summed E-state index contributed by atoms with van der Waals surface area (Å²) in [5, 5.41) is 0. The third kappa shape index (κ3) is 6.28. The van der Waals surface area contributed by atoms with Gasteiger partial charge in [-0.25, -0.2) is 9.37 Å². The summed E-state index contributed by atoms with van der Waals surface area (Å²) in [6.45, 7) is 5.72. The predicted octanol–water partition coefficient (Wildman–Crippen LogP) is 6.26. The summed E-state index contributed by atoms with van der Waals surface area (Å²) in [7, 11) is 0. The Labute approximate surface area is 177 Å². The highest BCUT2D eigenvalue weighted by molar-refractivity contribution is 5.69. The molecule has 2 aromatic carbocycles. The number of hydrogen-bond acceptors (Lipinski definition) is 3. The second-order valence-corrected chi connectivity index (χ2v) is 6.96. The maximum atomic E-state index is 12.8. The second-order valence-electron chi connectivity index (χ2n) is 6.96. The number of unbranched alkanes of at least 4 members (excludes halogenated alkanes) is 1. The van der Waals surface area contributed by atoms with Crippen molar-refractivity contribution >= 4 is 0 Å². The van der Waals surface area contributed by atoms with Gasteiger partial charge in [-0.2, -0.15) is 0 Å². The number of rotatable bonds is 8. The van der Waals surface area contributed by atoms with Crippen LogP contribution in [0.3, 0.4) is 0 Å². The number of halogens is 1. The summed E-state index contributed by atoms with van der Waals surface area (Å²) >= 11 is 0. The van der Waals surface area contributed by atoms with Crippen LogP contribution in [0.25, 0.3) is 22.4 Å². The zero-order chi connectivity index (χ0) is 21.2. The third-order valence-electron chi connectivity index (χ3n) is 4.51. The minimum Gasteiger partial charge on any atom is -0.490 e. The molecule has 3 aromatic rings. The average Bonchev–Trinajstić information content (AvgIpc) is 2.78. The van der Waals surface area contributed by atoms with Crippen LogP contribution in [-0.2, 0) is 0 Å². The Bertz CT molecular complexity index is 998. The average molecular weight is 400 g/mol. The van der Waals surface area contributed by atoms with Crippen molar-refractivity contribution in [3.63, 3.8) is 0 Å². The van der Waals surface area contributed by atoms with Crippen LogP contribution in [0.2, 0.25) is 0 Å². The van der Waals surface area contributed by atoms with Crippen molar-refractivity contribution in [2.45, 2.75) is 32.4 Å². The monoisotopic (exact) mass is 400 g/mol. The molecule has 0 bridgehead atoms. The molecule has 0 saturated heterocycles. The molecule has 4 heteroatoms. The molecule has 0 amide bonds. The van der Waals surface area contributed by atoms with Crippen molar-refractivity contribution in [1.29, 1.82) is 0 Å². The summed E-state index contributed by atoms with van der Waals surface area (Å²) in [5.74, 6) is 6.83. The number of nitrogens with zero attached hydrogens (tertiary/aromatic N) is 2. The van der Waals surface area contributed by atoms with E-state index in [1.165, 1.54) is 0 Å². The van der Waals surface area contributed by atoms with Gasteiger partial charge in [0, 0.05) is 12.0 Å². The van der Waals surface area contributed by atoms with E-state index in [0.717, 1.165) is 34.6 Å². The molecule has 3 nitrogen and oxygen atoms in total. The Morgan fingerprint density at radius 2 is 1.67 bits per heavy atom. The first-order chi connectivity index (χ1) is 14.7. The van der Waals surface area contributed by atoms with E-state index in [-0.39, 0.29) is 0 Å². The van der Waals surface area contributed by atoms with Crippen molar-refractivity contribution in [2.75, 3.05) is 6.61 Å². The van der Waals surface area contributed by atoms with Crippen molar-refractivity contribution in [3.05, 3.63) is 79.3 Å². The number of alkyl halides is 1. The van der Waals surface area contributed by atoms with E-state index in [0.29, 0.717) is 25.1 Å². The summed E-state index contributed by atoms with van der Waals surface area (Å²) < 4.78 is 18.3. The molecule has 1 atom stereocenters. The first-order valence-corrected chi connectivity index (χ1v) is 10.1. The molecule has 1 heterocycles. The van der Waals surface area contributed by atoms with E-state index < -0.39 is 6.17 Å². The van der Waals surface area contributed by atoms with Gasteiger partial charge in [0.25, 0.3) is 0 Å². The molecule has 0 aliphatic carbocycles. The highest BCUT2D eigenvalue weighted by atomic mass is 19.1. The van der Waals surface area contributed by atoms with Crippen LogP contribution in [0.5, 0.6) is 5.75 Å². The molecule has 152 valence electrons. The zero-order valence-electron chi connectivity index (χ0n) is 17.1. The Hall–Kier alpha value is -3.45. The largest absolute Gasteiger partial charge is 0.490 e. The van der Waals surface area contributed by atoms with Crippen LogP contribution >= 0.6 is 0 Å². The van der Waals surface area contributed by atoms with Crippen LogP contribution in [0.1, 0.15) is 31.9 Å². The Morgan fingerprint density at radius 3 is 2.27 bits per heavy atom. The number of hydrogen-bond donors (Lipinski definition) is 0. The lowest BCUT2D eigenvalue weighted by molar-refractivity contribution is 0.336. The van der Waals surface area contributed by atoms with Crippen molar-refractivity contribution in [3.8, 4) is 40.0 Å². The highest BCUT2D eigenvalue weighted by Gasteiger charge is 2.03. The fraction of sp³-hybridized carbons (Fsp3) is 0.231. The maximum absolute atomic E-state index is 12.8. The minimum atomic E-state index is -0.770. The predicted molar refractivity (Wildman–Crippen MR) is 120 cm³/mol. The van der Waals surface area contributed by atoms with Crippen molar-refractivity contribution < 1.29 is 9.13 Å². The minimum absolute atomic E-state index is 0.498. The fourth-order valence-corrected chi connectivity index (χ4v) is 2.90. The molecule has 30 heavy (non-hydrogen) atoms. The van der Waals surface area contributed by atoms with E-state index in [9.17, 15) is 4.39 Å². The Kier molecular flexibility index (Phi) is 7.74. The maximum Gasteiger partial charge on any atom is 0.131 e. The van der Waals surface area contributed by atoms with Gasteiger partial charge in [-0.3, -0.25) is 4.98 Å². The van der Waals surface area contributed by atoms with Gasteiger partial charge in [-0.15, -0.1) is 0 Å². The summed E-state index contributed by atoms with van der Waals surface area (Å²) in [4.78, 5) is 8.84. The smallest absolute Gasteiger partial charge is 0.131 e. The molecular formula is C26H25FN2O. The summed E-state index contributed by atoms with van der Waals surface area (Å²) in [6.07, 6.45) is 6.33. The molecule has 0 spiro atoms. The number of ether oxygens (including phenoxy) is 1. The van der Waals surface area contributed by atoms with Gasteiger partial charge in [-0.1, -0.05) is 55.0 Å². The first-order valence-electron chi connectivity index (χ1n) is 10.1. The van der Waals surface area contributed by atoms with E-state index in [2.05, 4.69) is 40.5 Å². The molecule has 0 fully saturated rings. The van der Waals surface area contributed by atoms with Crippen molar-refractivity contribution in [1.82, 2.24) is 9.97 Å². The molecule has 1 aromatic heterocycles. The van der Waals surface area contributed by atoms with E-state index in [1.54, 1.807) is 25.4 Å². The molecule has 0 radical (unpaired) electrons. The molecule has 3 rings (SSSR count). The van der Waals surface area contributed by atoms with Crippen molar-refractivity contribution in [2.24, 2.45) is 0 Å². The van der Waals surface area contributed by atoms with Crippen LogP contribution < -0.4 is 4.74 Å². The van der Waals surface area contributed by atoms with Gasteiger partial charge in [0.15, 0.2) is 0 Å². The molecule has 0 N–H and O–H groups in total. The Balaban J connectivity index is 1.62. The van der Waals surface area contributed by atoms with Gasteiger partial charge < -0.3 is 4.74 Å². The molecule has 0 aliphatic rings. The normalized spacial score (nSPS) is 11.3. The van der Waals surface area contributed by atoms with Gasteiger partial charge in [-0.05, 0) is 48.9 Å². The fourth-order valence-electron chi connectivity index (χ4n) is 2.90. The first kappa shape index (κ1) is 21.3.